The summed E-state index contributed by atoms with van der Waals surface area (Å²) in [5.41, 5.74) is 1.07. The van der Waals surface area contributed by atoms with Crippen LogP contribution in [0.1, 0.15) is 44.6 Å². The van der Waals surface area contributed by atoms with Crippen molar-refractivity contribution in [3.8, 4) is 0 Å². The Morgan fingerprint density at radius 3 is 2.64 bits per heavy atom. The van der Waals surface area contributed by atoms with Crippen LogP contribution in [0.15, 0.2) is 28.7 Å². The van der Waals surface area contributed by atoms with Gasteiger partial charge >= 0.3 is 0 Å². The molecule has 0 radical (unpaired) electrons. The third kappa shape index (κ3) is 3.23. The predicted molar refractivity (Wildman–Crippen MR) is 92.6 cm³/mol. The summed E-state index contributed by atoms with van der Waals surface area (Å²) in [5.74, 6) is 0.795. The van der Waals surface area contributed by atoms with E-state index >= 15 is 0 Å². The maximum atomic E-state index is 12.8. The molecule has 1 heterocycles. The Morgan fingerprint density at radius 1 is 1.32 bits per heavy atom. The van der Waals surface area contributed by atoms with Gasteiger partial charge in [0.15, 0.2) is 0 Å². The van der Waals surface area contributed by atoms with Crippen molar-refractivity contribution in [3.05, 3.63) is 34.3 Å². The molecule has 0 aromatic heterocycles. The summed E-state index contributed by atoms with van der Waals surface area (Å²) in [6.45, 7) is 4.01. The van der Waals surface area contributed by atoms with Crippen LogP contribution in [0.5, 0.6) is 0 Å². The highest BCUT2D eigenvalue weighted by atomic mass is 79.9. The lowest BCUT2D eigenvalue weighted by atomic mass is 9.76. The van der Waals surface area contributed by atoms with Gasteiger partial charge in [-0.05, 0) is 49.5 Å². The van der Waals surface area contributed by atoms with Crippen LogP contribution in [-0.2, 0) is 10.3 Å². The van der Waals surface area contributed by atoms with E-state index < -0.39 is 0 Å². The van der Waals surface area contributed by atoms with Crippen LogP contribution in [0.25, 0.3) is 0 Å². The van der Waals surface area contributed by atoms with E-state index in [0.29, 0.717) is 5.92 Å². The van der Waals surface area contributed by atoms with Gasteiger partial charge in [-0.15, -0.1) is 0 Å². The zero-order chi connectivity index (χ0) is 15.6. The molecule has 1 atom stereocenters. The van der Waals surface area contributed by atoms with Gasteiger partial charge in [0.25, 0.3) is 0 Å². The molecular weight excluding hydrogens is 340 g/mol. The third-order valence-electron chi connectivity index (χ3n) is 5.38. The van der Waals surface area contributed by atoms with E-state index in [9.17, 15) is 4.79 Å². The van der Waals surface area contributed by atoms with Crippen LogP contribution < -0.4 is 10.6 Å². The van der Waals surface area contributed by atoms with Gasteiger partial charge in [0.2, 0.25) is 5.91 Å². The molecule has 2 N–H and O–H groups in total. The van der Waals surface area contributed by atoms with Crippen molar-refractivity contribution in [2.24, 2.45) is 11.8 Å². The minimum atomic E-state index is -0.176. The number of nitrogens with one attached hydrogen (secondary N) is 2. The monoisotopic (exact) mass is 364 g/mol. The Morgan fingerprint density at radius 2 is 2.05 bits per heavy atom. The number of hydrogen-bond acceptors (Lipinski definition) is 2. The number of hydrogen-bond donors (Lipinski definition) is 2. The van der Waals surface area contributed by atoms with Crippen molar-refractivity contribution < 1.29 is 4.79 Å². The van der Waals surface area contributed by atoms with E-state index in [2.05, 4.69) is 51.7 Å². The Balaban J connectivity index is 1.81. The Hall–Kier alpha value is -0.870. The van der Waals surface area contributed by atoms with Crippen molar-refractivity contribution >= 4 is 21.8 Å². The van der Waals surface area contributed by atoms with Gasteiger partial charge in [-0.1, -0.05) is 54.2 Å². The average Bonchev–Trinajstić information content (AvgIpc) is 2.46. The number of halogens is 1. The van der Waals surface area contributed by atoms with E-state index in [-0.39, 0.29) is 17.4 Å². The summed E-state index contributed by atoms with van der Waals surface area (Å²) in [5, 5.41) is 6.70. The summed E-state index contributed by atoms with van der Waals surface area (Å²) < 4.78 is 1.08. The molecule has 120 valence electrons. The fraction of sp³-hybridized carbons (Fsp3) is 0.611. The standard InChI is InChI=1S/C18H25BrN2O/c1-13(14-11-20-12-14)17(22)21-18(8-3-2-4-9-18)15-6-5-7-16(19)10-15/h5-7,10,13-14,20H,2-4,8-9,11-12H2,1H3,(H,21,22). The molecule has 2 aliphatic rings. The SMILES string of the molecule is CC(C(=O)NC1(c2cccc(Br)c2)CCCCC1)C1CNC1. The van der Waals surface area contributed by atoms with Gasteiger partial charge in [0.05, 0.1) is 5.54 Å². The van der Waals surface area contributed by atoms with Gasteiger partial charge in [-0.2, -0.15) is 0 Å². The highest BCUT2D eigenvalue weighted by Gasteiger charge is 2.38. The first-order chi connectivity index (χ1) is 10.6. The van der Waals surface area contributed by atoms with Gasteiger partial charge in [0.1, 0.15) is 0 Å². The molecule has 1 aromatic carbocycles. The molecule has 1 amide bonds. The molecule has 22 heavy (non-hydrogen) atoms. The smallest absolute Gasteiger partial charge is 0.223 e. The minimum Gasteiger partial charge on any atom is -0.346 e. The lowest BCUT2D eigenvalue weighted by Crippen LogP contribution is -2.54. The molecule has 3 rings (SSSR count). The molecule has 1 aliphatic heterocycles. The molecule has 1 saturated carbocycles. The molecule has 1 unspecified atom stereocenters. The van der Waals surface area contributed by atoms with Crippen molar-refractivity contribution in [2.45, 2.75) is 44.6 Å². The van der Waals surface area contributed by atoms with E-state index in [4.69, 9.17) is 0 Å². The molecule has 0 spiro atoms. The molecule has 3 nitrogen and oxygen atoms in total. The predicted octanol–water partition coefficient (Wildman–Crippen LogP) is 3.58. The largest absolute Gasteiger partial charge is 0.346 e. The fourth-order valence-corrected chi connectivity index (χ4v) is 4.05. The topological polar surface area (TPSA) is 41.1 Å². The third-order valence-corrected chi connectivity index (χ3v) is 5.87. The second kappa shape index (κ2) is 6.71. The van der Waals surface area contributed by atoms with E-state index in [1.807, 2.05) is 6.07 Å². The first-order valence-electron chi connectivity index (χ1n) is 8.39. The summed E-state index contributed by atoms with van der Waals surface area (Å²) in [6, 6.07) is 8.44. The molecule has 2 fully saturated rings. The molecule has 4 heteroatoms. The summed E-state index contributed by atoms with van der Waals surface area (Å²) >= 11 is 3.57. The quantitative estimate of drug-likeness (QED) is 0.856. The highest BCUT2D eigenvalue weighted by molar-refractivity contribution is 9.10. The van der Waals surface area contributed by atoms with Crippen molar-refractivity contribution in [3.63, 3.8) is 0 Å². The van der Waals surface area contributed by atoms with Gasteiger partial charge in [-0.25, -0.2) is 0 Å². The van der Waals surface area contributed by atoms with Gasteiger partial charge < -0.3 is 10.6 Å². The Bertz CT molecular complexity index is 536. The van der Waals surface area contributed by atoms with Crippen LogP contribution in [0, 0.1) is 11.8 Å². The maximum Gasteiger partial charge on any atom is 0.223 e. The summed E-state index contributed by atoms with van der Waals surface area (Å²) in [7, 11) is 0. The number of amides is 1. The molecular formula is C18H25BrN2O. The normalized spacial score (nSPS) is 22.6. The molecule has 0 bridgehead atoms. The molecule has 1 aromatic rings. The van der Waals surface area contributed by atoms with Crippen LogP contribution in [0.3, 0.4) is 0 Å². The van der Waals surface area contributed by atoms with E-state index in [1.54, 1.807) is 0 Å². The fourth-order valence-electron chi connectivity index (χ4n) is 3.66. The van der Waals surface area contributed by atoms with Crippen molar-refractivity contribution in [1.29, 1.82) is 0 Å². The number of rotatable bonds is 4. The first kappa shape index (κ1) is 16.0. The zero-order valence-corrected chi connectivity index (χ0v) is 14.8. The van der Waals surface area contributed by atoms with Gasteiger partial charge in [0, 0.05) is 10.4 Å². The number of benzene rings is 1. The second-order valence-electron chi connectivity index (χ2n) is 6.85. The van der Waals surface area contributed by atoms with Crippen LogP contribution in [0.4, 0.5) is 0 Å². The van der Waals surface area contributed by atoms with Crippen LogP contribution in [0.2, 0.25) is 0 Å². The lowest BCUT2D eigenvalue weighted by molar-refractivity contribution is -0.129. The number of carbonyl (C=O) groups excluding carboxylic acids is 1. The van der Waals surface area contributed by atoms with Gasteiger partial charge in [-0.3, -0.25) is 4.79 Å². The van der Waals surface area contributed by atoms with Crippen LogP contribution >= 0.6 is 15.9 Å². The molecule has 1 aliphatic carbocycles. The van der Waals surface area contributed by atoms with Crippen LogP contribution in [-0.4, -0.2) is 19.0 Å². The summed E-state index contributed by atoms with van der Waals surface area (Å²) in [4.78, 5) is 12.8. The Kier molecular flexibility index (Phi) is 4.88. The second-order valence-corrected chi connectivity index (χ2v) is 7.77. The molecule has 1 saturated heterocycles. The Labute approximate surface area is 141 Å². The average molecular weight is 365 g/mol. The first-order valence-corrected chi connectivity index (χ1v) is 9.19. The lowest BCUT2D eigenvalue weighted by Gasteiger charge is -2.41. The minimum absolute atomic E-state index is 0.0900. The highest BCUT2D eigenvalue weighted by Crippen LogP contribution is 2.38. The van der Waals surface area contributed by atoms with Crippen molar-refractivity contribution in [1.82, 2.24) is 10.6 Å². The summed E-state index contributed by atoms with van der Waals surface area (Å²) in [6.07, 6.45) is 5.74. The van der Waals surface area contributed by atoms with Crippen molar-refractivity contribution in [2.75, 3.05) is 13.1 Å². The zero-order valence-electron chi connectivity index (χ0n) is 13.2. The number of carbonyl (C=O) groups is 1. The maximum absolute atomic E-state index is 12.8. The van der Waals surface area contributed by atoms with E-state index in [0.717, 1.165) is 30.4 Å². The van der Waals surface area contributed by atoms with E-state index in [1.165, 1.54) is 24.8 Å².